The molecule has 0 fully saturated rings. The first-order chi connectivity index (χ1) is 15.8. The summed E-state index contributed by atoms with van der Waals surface area (Å²) in [6.45, 7) is 13.2. The van der Waals surface area contributed by atoms with Crippen molar-refractivity contribution in [3.05, 3.63) is 82.8 Å². The summed E-state index contributed by atoms with van der Waals surface area (Å²) in [5.41, 5.74) is 12.3. The van der Waals surface area contributed by atoms with Crippen molar-refractivity contribution in [1.82, 2.24) is 9.97 Å². The molecule has 3 aromatic heterocycles. The summed E-state index contributed by atoms with van der Waals surface area (Å²) in [6.07, 6.45) is 3.88. The Kier molecular flexibility index (Phi) is 4.14. The molecule has 0 N–H and O–H groups in total. The van der Waals surface area contributed by atoms with E-state index in [2.05, 4.69) is 77.9 Å². The van der Waals surface area contributed by atoms with Gasteiger partial charge < -0.3 is 4.42 Å². The van der Waals surface area contributed by atoms with Crippen LogP contribution in [0.3, 0.4) is 0 Å². The zero-order valence-electron chi connectivity index (χ0n) is 20.1. The number of hydrogen-bond donors (Lipinski definition) is 0. The summed E-state index contributed by atoms with van der Waals surface area (Å²) in [5.74, 6) is 0.441. The lowest BCUT2D eigenvalue weighted by molar-refractivity contribution is 0.634. The average molecular weight is 433 g/mol. The molecule has 33 heavy (non-hydrogen) atoms. The Morgan fingerprint density at radius 1 is 0.848 bits per heavy atom. The highest BCUT2D eigenvalue weighted by Crippen LogP contribution is 2.52. The number of benzene rings is 2. The minimum Gasteiger partial charge on any atom is -0.455 e. The number of pyridine rings is 2. The fourth-order valence-electron chi connectivity index (χ4n) is 5.64. The first-order valence-electron chi connectivity index (χ1n) is 11.7. The van der Waals surface area contributed by atoms with Crippen LogP contribution in [-0.4, -0.2) is 9.97 Å². The number of fused-ring (bicyclic) bond motifs is 7. The van der Waals surface area contributed by atoms with Gasteiger partial charge in [0, 0.05) is 45.3 Å². The highest BCUT2D eigenvalue weighted by Gasteiger charge is 2.39. The van der Waals surface area contributed by atoms with Gasteiger partial charge in [0.1, 0.15) is 11.2 Å². The number of aryl methyl sites for hydroxylation is 2. The predicted octanol–water partition coefficient (Wildman–Crippen LogP) is 8.09. The molecule has 1 aliphatic carbocycles. The molecule has 3 nitrogen and oxygen atoms in total. The summed E-state index contributed by atoms with van der Waals surface area (Å²) < 4.78 is 6.77. The van der Waals surface area contributed by atoms with Crippen molar-refractivity contribution in [3.8, 4) is 22.4 Å². The van der Waals surface area contributed by atoms with Crippen LogP contribution < -0.4 is 0 Å². The van der Waals surface area contributed by atoms with Gasteiger partial charge in [-0.15, -0.1) is 0 Å². The Labute approximate surface area is 194 Å². The molecule has 3 heteroatoms. The van der Waals surface area contributed by atoms with Crippen molar-refractivity contribution in [2.24, 2.45) is 0 Å². The highest BCUT2D eigenvalue weighted by molar-refractivity contribution is 6.14. The van der Waals surface area contributed by atoms with Crippen LogP contribution in [0.4, 0.5) is 0 Å². The van der Waals surface area contributed by atoms with Crippen LogP contribution in [0.2, 0.25) is 0 Å². The molecule has 0 bridgehead atoms. The van der Waals surface area contributed by atoms with E-state index >= 15 is 0 Å². The van der Waals surface area contributed by atoms with E-state index in [4.69, 9.17) is 14.4 Å². The molecule has 0 unspecified atom stereocenters. The third-order valence-electron chi connectivity index (χ3n) is 7.38. The van der Waals surface area contributed by atoms with Gasteiger partial charge in [0.2, 0.25) is 0 Å². The van der Waals surface area contributed by atoms with Crippen LogP contribution in [0.15, 0.2) is 59.3 Å². The third kappa shape index (κ3) is 2.68. The van der Waals surface area contributed by atoms with Gasteiger partial charge in [0.25, 0.3) is 0 Å². The quantitative estimate of drug-likeness (QED) is 0.283. The molecule has 0 atom stereocenters. The molecule has 0 aliphatic heterocycles. The summed E-state index contributed by atoms with van der Waals surface area (Å²) in [7, 11) is 0. The highest BCUT2D eigenvalue weighted by atomic mass is 16.3. The van der Waals surface area contributed by atoms with E-state index < -0.39 is 0 Å². The molecule has 0 radical (unpaired) electrons. The molecule has 1 aliphatic rings. The largest absolute Gasteiger partial charge is 0.455 e. The second kappa shape index (κ2) is 6.77. The van der Waals surface area contributed by atoms with Crippen LogP contribution >= 0.6 is 0 Å². The molecular formula is C30H28N2O. The van der Waals surface area contributed by atoms with E-state index in [9.17, 15) is 0 Å². The van der Waals surface area contributed by atoms with Gasteiger partial charge in [-0.1, -0.05) is 58.0 Å². The molecule has 6 rings (SSSR count). The van der Waals surface area contributed by atoms with E-state index in [1.54, 1.807) is 0 Å². The molecule has 164 valence electrons. The number of rotatable bonds is 2. The lowest BCUT2D eigenvalue weighted by Crippen LogP contribution is -2.16. The van der Waals surface area contributed by atoms with E-state index in [1.165, 1.54) is 33.4 Å². The summed E-state index contributed by atoms with van der Waals surface area (Å²) in [4.78, 5) is 9.58. The van der Waals surface area contributed by atoms with Gasteiger partial charge in [0.15, 0.2) is 0 Å². The maximum absolute atomic E-state index is 6.77. The van der Waals surface area contributed by atoms with E-state index in [0.717, 1.165) is 38.9 Å². The zero-order chi connectivity index (χ0) is 23.1. The molecule has 0 saturated carbocycles. The van der Waals surface area contributed by atoms with Crippen molar-refractivity contribution in [1.29, 1.82) is 0 Å². The lowest BCUT2D eigenvalue weighted by Gasteiger charge is -2.19. The van der Waals surface area contributed by atoms with Crippen LogP contribution in [0, 0.1) is 13.8 Å². The average Bonchev–Trinajstić information content (AvgIpc) is 3.27. The van der Waals surface area contributed by atoms with Crippen molar-refractivity contribution >= 4 is 21.9 Å². The van der Waals surface area contributed by atoms with Crippen molar-refractivity contribution in [2.45, 2.75) is 52.9 Å². The Morgan fingerprint density at radius 3 is 2.33 bits per heavy atom. The van der Waals surface area contributed by atoms with Gasteiger partial charge >= 0.3 is 0 Å². The number of nitrogens with zero attached hydrogens (tertiary/aromatic N) is 2. The van der Waals surface area contributed by atoms with E-state index in [1.807, 2.05) is 18.5 Å². The summed E-state index contributed by atoms with van der Waals surface area (Å²) in [6, 6.07) is 15.3. The zero-order valence-corrected chi connectivity index (χ0v) is 20.1. The fourth-order valence-corrected chi connectivity index (χ4v) is 5.64. The number of hydrogen-bond acceptors (Lipinski definition) is 3. The van der Waals surface area contributed by atoms with E-state index in [-0.39, 0.29) is 5.41 Å². The Balaban J connectivity index is 1.70. The summed E-state index contributed by atoms with van der Waals surface area (Å²) >= 11 is 0. The van der Waals surface area contributed by atoms with Gasteiger partial charge in [-0.2, -0.15) is 0 Å². The summed E-state index contributed by atoms with van der Waals surface area (Å²) in [5, 5.41) is 2.28. The van der Waals surface area contributed by atoms with Gasteiger partial charge in [-0.05, 0) is 54.2 Å². The molecule has 0 spiro atoms. The maximum atomic E-state index is 6.77. The monoisotopic (exact) mass is 432 g/mol. The van der Waals surface area contributed by atoms with Gasteiger partial charge in [-0.3, -0.25) is 9.97 Å². The standard InChI is InChI=1S/C30H28N2O/c1-16(2)22-14-24(32-15-18(22)4)25-17(3)9-10-19-20-11-12-23-26(28(20)33-27(19)25)21-8-7-13-31-29(21)30(23,5)6/h7-16H,1-6H3. The SMILES string of the molecule is Cc1cnc(-c2c(C)ccc3c2oc2c4c(ccc23)C(C)(C)c2ncccc2-4)cc1C(C)C. The normalized spacial score (nSPS) is 14.3. The molecule has 5 aromatic rings. The van der Waals surface area contributed by atoms with Crippen LogP contribution in [0.25, 0.3) is 44.3 Å². The second-order valence-electron chi connectivity index (χ2n) is 10.2. The smallest absolute Gasteiger partial charge is 0.145 e. The topological polar surface area (TPSA) is 38.9 Å². The Bertz CT molecular complexity index is 1590. The molecule has 3 heterocycles. The Hall–Kier alpha value is -3.46. The predicted molar refractivity (Wildman–Crippen MR) is 136 cm³/mol. The van der Waals surface area contributed by atoms with Crippen molar-refractivity contribution in [2.75, 3.05) is 0 Å². The second-order valence-corrected chi connectivity index (χ2v) is 10.2. The van der Waals surface area contributed by atoms with Crippen LogP contribution in [-0.2, 0) is 5.41 Å². The lowest BCUT2D eigenvalue weighted by atomic mass is 9.85. The van der Waals surface area contributed by atoms with Crippen LogP contribution in [0.5, 0.6) is 0 Å². The number of aromatic nitrogens is 2. The van der Waals surface area contributed by atoms with Crippen molar-refractivity contribution < 1.29 is 4.42 Å². The first kappa shape index (κ1) is 20.2. The van der Waals surface area contributed by atoms with E-state index in [0.29, 0.717) is 5.92 Å². The minimum absolute atomic E-state index is 0.150. The molecule has 2 aromatic carbocycles. The third-order valence-corrected chi connectivity index (χ3v) is 7.38. The fraction of sp³-hybridized carbons (Fsp3) is 0.267. The minimum atomic E-state index is -0.150. The van der Waals surface area contributed by atoms with Crippen molar-refractivity contribution in [3.63, 3.8) is 0 Å². The molecular weight excluding hydrogens is 404 g/mol. The molecule has 0 amide bonds. The molecule has 0 saturated heterocycles. The van der Waals surface area contributed by atoms with Gasteiger partial charge in [0.05, 0.1) is 11.4 Å². The first-order valence-corrected chi connectivity index (χ1v) is 11.7. The van der Waals surface area contributed by atoms with Gasteiger partial charge in [-0.25, -0.2) is 0 Å². The van der Waals surface area contributed by atoms with Crippen LogP contribution in [0.1, 0.15) is 61.6 Å². The number of furan rings is 1. The Morgan fingerprint density at radius 2 is 1.58 bits per heavy atom. The maximum Gasteiger partial charge on any atom is 0.145 e.